The molecule has 1 N–H and O–H groups in total. The van der Waals surface area contributed by atoms with Gasteiger partial charge in [0.25, 0.3) is 5.91 Å². The second-order valence-corrected chi connectivity index (χ2v) is 9.41. The molecule has 1 heterocycles. The highest BCUT2D eigenvalue weighted by molar-refractivity contribution is 9.10. The molecule has 7 nitrogen and oxygen atoms in total. The highest BCUT2D eigenvalue weighted by Crippen LogP contribution is 2.28. The van der Waals surface area contributed by atoms with E-state index in [-0.39, 0.29) is 17.7 Å². The summed E-state index contributed by atoms with van der Waals surface area (Å²) in [5, 5.41) is 3.36. The Morgan fingerprint density at radius 1 is 1.21 bits per heavy atom. The highest BCUT2D eigenvalue weighted by Gasteiger charge is 2.25. The number of benzene rings is 2. The quantitative estimate of drug-likeness (QED) is 0.500. The number of imidazole rings is 1. The third-order valence-corrected chi connectivity index (χ3v) is 6.40. The van der Waals surface area contributed by atoms with E-state index in [1.54, 1.807) is 37.2 Å². The van der Waals surface area contributed by atoms with Crippen LogP contribution in [0.2, 0.25) is 0 Å². The Morgan fingerprint density at radius 3 is 2.61 bits per heavy atom. The molecule has 1 unspecified atom stereocenters. The lowest BCUT2D eigenvalue weighted by Gasteiger charge is -2.22. The first-order chi connectivity index (χ1) is 15.7. The van der Waals surface area contributed by atoms with Crippen LogP contribution in [0.3, 0.4) is 0 Å². The van der Waals surface area contributed by atoms with E-state index < -0.39 is 0 Å². The lowest BCUT2D eigenvalue weighted by Crippen LogP contribution is -2.30. The van der Waals surface area contributed by atoms with Crippen molar-refractivity contribution in [1.29, 1.82) is 0 Å². The van der Waals surface area contributed by atoms with Crippen molar-refractivity contribution in [3.63, 3.8) is 0 Å². The van der Waals surface area contributed by atoms with E-state index in [0.717, 1.165) is 9.99 Å². The molecule has 170 valence electrons. The molecule has 1 atom stereocenters. The molecule has 0 spiro atoms. The Balaban J connectivity index is 1.58. The number of carbonyl (C=O) groups is 2. The van der Waals surface area contributed by atoms with Crippen LogP contribution in [0.15, 0.2) is 63.0 Å². The van der Waals surface area contributed by atoms with Gasteiger partial charge in [-0.1, -0.05) is 33.6 Å². The number of halogens is 2. The van der Waals surface area contributed by atoms with Crippen molar-refractivity contribution in [2.24, 2.45) is 18.0 Å². The van der Waals surface area contributed by atoms with Crippen molar-refractivity contribution in [1.82, 2.24) is 14.5 Å². The van der Waals surface area contributed by atoms with E-state index in [9.17, 15) is 9.59 Å². The fourth-order valence-electron chi connectivity index (χ4n) is 3.69. The van der Waals surface area contributed by atoms with Crippen LogP contribution in [0.4, 0.5) is 11.6 Å². The molecule has 0 radical (unpaired) electrons. The summed E-state index contributed by atoms with van der Waals surface area (Å²) in [6.07, 6.45) is 3.00. The first-order valence-electron chi connectivity index (χ1n) is 10.4. The molecular weight excluding hydrogens is 506 g/mol. The Bertz CT molecular complexity index is 1290. The van der Waals surface area contributed by atoms with Gasteiger partial charge in [0.05, 0.1) is 27.7 Å². The Kier molecular flexibility index (Phi) is 6.67. The molecule has 0 aliphatic heterocycles. The van der Waals surface area contributed by atoms with Gasteiger partial charge in [0, 0.05) is 36.9 Å². The summed E-state index contributed by atoms with van der Waals surface area (Å²) >= 11 is 9.83. The summed E-state index contributed by atoms with van der Waals surface area (Å²) in [6, 6.07) is 12.8. The van der Waals surface area contributed by atoms with Gasteiger partial charge >= 0.3 is 0 Å². The minimum Gasteiger partial charge on any atom is -0.348 e. The summed E-state index contributed by atoms with van der Waals surface area (Å²) < 4.78 is 2.80. The van der Waals surface area contributed by atoms with Crippen molar-refractivity contribution >= 4 is 67.7 Å². The van der Waals surface area contributed by atoms with Crippen molar-refractivity contribution < 1.29 is 9.59 Å². The van der Waals surface area contributed by atoms with Crippen LogP contribution < -0.4 is 5.32 Å². The second kappa shape index (κ2) is 9.49. The summed E-state index contributed by atoms with van der Waals surface area (Å²) in [5.41, 5.74) is 3.43. The monoisotopic (exact) mass is 527 g/mol. The first kappa shape index (κ1) is 23.2. The van der Waals surface area contributed by atoms with Gasteiger partial charge in [-0.25, -0.2) is 9.98 Å². The van der Waals surface area contributed by atoms with Crippen molar-refractivity contribution in [2.45, 2.75) is 12.8 Å². The number of nitrogens with one attached hydrogen (secondary N) is 1. The molecule has 0 saturated heterocycles. The number of allylic oxidation sites excluding steroid dienone is 1. The standard InChI is InChI=1S/C24H23BrClN5O2/c1-30(2)23(33)15-4-10-19(18(26)12-15)28-24-29-20-13-14(5-11-21(20)31(24)3)22(32)27-17-8-6-16(25)7-9-17/h5-9,11-13,15H,4,10H2,1-3H3,(H,27,32). The smallest absolute Gasteiger partial charge is 0.255 e. The first-order valence-corrected chi connectivity index (χ1v) is 11.6. The number of hydrogen-bond donors (Lipinski definition) is 1. The molecule has 2 amide bonds. The van der Waals surface area contributed by atoms with E-state index in [2.05, 4.69) is 31.2 Å². The van der Waals surface area contributed by atoms with Gasteiger partial charge in [-0.05, 0) is 55.3 Å². The number of hydrogen-bond acceptors (Lipinski definition) is 4. The molecule has 2 aromatic carbocycles. The maximum atomic E-state index is 12.7. The topological polar surface area (TPSA) is 79.6 Å². The Hall–Kier alpha value is -2.97. The van der Waals surface area contributed by atoms with E-state index >= 15 is 0 Å². The van der Waals surface area contributed by atoms with Gasteiger partial charge in [-0.15, -0.1) is 0 Å². The van der Waals surface area contributed by atoms with Crippen LogP contribution in [0.5, 0.6) is 0 Å². The number of aromatic nitrogens is 2. The molecule has 0 fully saturated rings. The number of fused-ring (bicyclic) bond motifs is 1. The predicted octanol–water partition coefficient (Wildman–Crippen LogP) is 5.28. The zero-order valence-corrected chi connectivity index (χ0v) is 20.8. The number of aryl methyl sites for hydroxylation is 1. The average molecular weight is 529 g/mol. The van der Waals surface area contributed by atoms with E-state index in [1.165, 1.54) is 0 Å². The largest absolute Gasteiger partial charge is 0.348 e. The maximum Gasteiger partial charge on any atom is 0.255 e. The normalized spacial score (nSPS) is 17.2. The zero-order chi connectivity index (χ0) is 23.7. The molecule has 1 aliphatic carbocycles. The molecular formula is C24H23BrClN5O2. The van der Waals surface area contributed by atoms with Gasteiger partial charge in [0.1, 0.15) is 0 Å². The number of rotatable bonds is 4. The summed E-state index contributed by atoms with van der Waals surface area (Å²) in [5.74, 6) is 0.0737. The van der Waals surface area contributed by atoms with Crippen LogP contribution in [0.25, 0.3) is 11.0 Å². The zero-order valence-electron chi connectivity index (χ0n) is 18.5. The lowest BCUT2D eigenvalue weighted by molar-refractivity contribution is -0.131. The summed E-state index contributed by atoms with van der Waals surface area (Å²) in [4.78, 5) is 35.8. The molecule has 4 rings (SSSR count). The SMILES string of the molecule is CN(C)C(=O)C1C=C(Cl)C(=Nc2nc3cc(C(=O)Nc4ccc(Br)cc4)ccc3n2C)CC1. The number of carbonyl (C=O) groups excluding carboxylic acids is 2. The van der Waals surface area contributed by atoms with Gasteiger partial charge in [-0.2, -0.15) is 0 Å². The van der Waals surface area contributed by atoms with Gasteiger partial charge < -0.3 is 14.8 Å². The van der Waals surface area contributed by atoms with E-state index in [0.29, 0.717) is 46.3 Å². The molecule has 33 heavy (non-hydrogen) atoms. The van der Waals surface area contributed by atoms with Crippen LogP contribution in [-0.4, -0.2) is 46.1 Å². The molecule has 0 bridgehead atoms. The lowest BCUT2D eigenvalue weighted by atomic mass is 9.93. The molecule has 9 heteroatoms. The molecule has 0 saturated carbocycles. The minimum atomic E-state index is -0.237. The third-order valence-electron chi connectivity index (χ3n) is 5.53. The fraction of sp³-hybridized carbons (Fsp3) is 0.250. The van der Waals surface area contributed by atoms with Crippen LogP contribution >= 0.6 is 27.5 Å². The molecule has 1 aliphatic rings. The average Bonchev–Trinajstić information content (AvgIpc) is 3.10. The third kappa shape index (κ3) is 5.02. The maximum absolute atomic E-state index is 12.7. The predicted molar refractivity (Wildman–Crippen MR) is 135 cm³/mol. The number of aliphatic imine (C=N–C) groups is 1. The minimum absolute atomic E-state index is 0.0314. The molecule has 1 aromatic heterocycles. The Labute approximate surface area is 205 Å². The van der Waals surface area contributed by atoms with Crippen molar-refractivity contribution in [2.75, 3.05) is 19.4 Å². The van der Waals surface area contributed by atoms with Gasteiger partial charge in [-0.3, -0.25) is 9.59 Å². The van der Waals surface area contributed by atoms with Crippen molar-refractivity contribution in [3.8, 4) is 0 Å². The van der Waals surface area contributed by atoms with Crippen LogP contribution in [0, 0.1) is 5.92 Å². The summed E-state index contributed by atoms with van der Waals surface area (Å²) in [7, 11) is 5.34. The van der Waals surface area contributed by atoms with Gasteiger partial charge in [0.2, 0.25) is 11.9 Å². The number of anilines is 1. The van der Waals surface area contributed by atoms with Gasteiger partial charge in [0.15, 0.2) is 0 Å². The fourth-order valence-corrected chi connectivity index (χ4v) is 4.24. The number of nitrogens with zero attached hydrogens (tertiary/aromatic N) is 4. The van der Waals surface area contributed by atoms with E-state index in [1.807, 2.05) is 41.9 Å². The van der Waals surface area contributed by atoms with Crippen molar-refractivity contribution in [3.05, 3.63) is 63.6 Å². The molecule has 3 aromatic rings. The highest BCUT2D eigenvalue weighted by atomic mass is 79.9. The van der Waals surface area contributed by atoms with E-state index in [4.69, 9.17) is 11.6 Å². The van der Waals surface area contributed by atoms with Crippen LogP contribution in [-0.2, 0) is 11.8 Å². The Morgan fingerprint density at radius 2 is 1.94 bits per heavy atom. The van der Waals surface area contributed by atoms with Crippen LogP contribution in [0.1, 0.15) is 23.2 Å². The second-order valence-electron chi connectivity index (χ2n) is 8.09. The summed E-state index contributed by atoms with van der Waals surface area (Å²) in [6.45, 7) is 0. The number of amides is 2.